The first kappa shape index (κ1) is 17.7. The Balaban J connectivity index is 0.000000224. The van der Waals surface area contributed by atoms with E-state index in [1.165, 1.54) is 11.1 Å². The highest BCUT2D eigenvalue weighted by Crippen LogP contribution is 2.22. The van der Waals surface area contributed by atoms with E-state index in [9.17, 15) is 0 Å². The maximum atomic E-state index is 3.72. The summed E-state index contributed by atoms with van der Waals surface area (Å²) in [5.41, 5.74) is 5.07. The van der Waals surface area contributed by atoms with Crippen LogP contribution in [0.5, 0.6) is 0 Å². The van der Waals surface area contributed by atoms with Crippen molar-refractivity contribution in [3.05, 3.63) is 90.5 Å². The van der Waals surface area contributed by atoms with E-state index in [2.05, 4.69) is 64.8 Å². The van der Waals surface area contributed by atoms with Gasteiger partial charge in [0, 0.05) is 0 Å². The highest BCUT2D eigenvalue weighted by molar-refractivity contribution is 5.63. The minimum atomic E-state index is 0.250. The van der Waals surface area contributed by atoms with Crippen molar-refractivity contribution < 1.29 is 0 Å². The molecule has 0 aliphatic rings. The summed E-state index contributed by atoms with van der Waals surface area (Å²) in [6.07, 6.45) is 5.53. The minimum Gasteiger partial charge on any atom is -0.0985 e. The first-order valence-electron chi connectivity index (χ1n) is 7.49. The molecule has 0 atom stereocenters. The van der Waals surface area contributed by atoms with Crippen LogP contribution in [-0.4, -0.2) is 0 Å². The molecule has 0 aromatic heterocycles. The van der Waals surface area contributed by atoms with Crippen LogP contribution < -0.4 is 0 Å². The van der Waals surface area contributed by atoms with Gasteiger partial charge in [0.05, 0.1) is 0 Å². The van der Waals surface area contributed by atoms with E-state index in [0.29, 0.717) is 0 Å². The van der Waals surface area contributed by atoms with Crippen molar-refractivity contribution in [2.45, 2.75) is 26.2 Å². The van der Waals surface area contributed by atoms with E-state index in [1.807, 2.05) is 42.5 Å². The second-order valence-corrected chi connectivity index (χ2v) is 6.11. The standard InChI is InChI=1S/C12H16.C10H10/c1-5-10-6-8-11(9-7-10)12(2,3)4;1-3-9-7-5-6-8-10(9)4-2/h5-9H,1H2,2-4H3;3-8H,1-2H2. The molecule has 0 aliphatic heterocycles. The molecular weight excluding hydrogens is 264 g/mol. The number of hydrogen-bond donors (Lipinski definition) is 0. The Hall–Kier alpha value is -2.34. The van der Waals surface area contributed by atoms with Crippen LogP contribution in [0.1, 0.15) is 43.0 Å². The van der Waals surface area contributed by atoms with E-state index >= 15 is 0 Å². The van der Waals surface area contributed by atoms with Gasteiger partial charge in [-0.1, -0.05) is 107 Å². The summed E-state index contributed by atoms with van der Waals surface area (Å²) in [5, 5.41) is 0. The molecule has 0 spiro atoms. The fourth-order valence-electron chi connectivity index (χ4n) is 2.00. The van der Waals surface area contributed by atoms with Crippen molar-refractivity contribution >= 4 is 18.2 Å². The predicted molar refractivity (Wildman–Crippen MR) is 102 cm³/mol. The van der Waals surface area contributed by atoms with Crippen molar-refractivity contribution in [1.29, 1.82) is 0 Å². The summed E-state index contributed by atoms with van der Waals surface area (Å²) < 4.78 is 0. The van der Waals surface area contributed by atoms with Crippen LogP contribution >= 0.6 is 0 Å². The molecule has 0 bridgehead atoms. The molecule has 0 amide bonds. The Labute approximate surface area is 135 Å². The molecule has 0 unspecified atom stereocenters. The Morgan fingerprint density at radius 1 is 0.682 bits per heavy atom. The molecule has 2 rings (SSSR count). The van der Waals surface area contributed by atoms with E-state index in [1.54, 1.807) is 0 Å². The Kier molecular flexibility index (Phi) is 6.59. The summed E-state index contributed by atoms with van der Waals surface area (Å²) in [6, 6.07) is 16.6. The average molecular weight is 290 g/mol. The summed E-state index contributed by atoms with van der Waals surface area (Å²) in [5.74, 6) is 0. The zero-order valence-electron chi connectivity index (χ0n) is 14.0. The predicted octanol–water partition coefficient (Wildman–Crippen LogP) is 6.60. The van der Waals surface area contributed by atoms with E-state index in [0.717, 1.165) is 11.1 Å². The fraction of sp³-hybridized carbons (Fsp3) is 0.182. The van der Waals surface area contributed by atoms with Gasteiger partial charge in [-0.25, -0.2) is 0 Å². The highest BCUT2D eigenvalue weighted by Gasteiger charge is 2.12. The molecule has 0 N–H and O–H groups in total. The lowest BCUT2D eigenvalue weighted by Crippen LogP contribution is -2.10. The van der Waals surface area contributed by atoms with Crippen molar-refractivity contribution in [2.24, 2.45) is 0 Å². The lowest BCUT2D eigenvalue weighted by molar-refractivity contribution is 0.590. The van der Waals surface area contributed by atoms with Gasteiger partial charge in [-0.2, -0.15) is 0 Å². The van der Waals surface area contributed by atoms with Gasteiger partial charge in [0.2, 0.25) is 0 Å². The smallest absolute Gasteiger partial charge is 0.0132 e. The summed E-state index contributed by atoms with van der Waals surface area (Å²) in [6.45, 7) is 17.8. The lowest BCUT2D eigenvalue weighted by Gasteiger charge is -2.18. The van der Waals surface area contributed by atoms with Gasteiger partial charge >= 0.3 is 0 Å². The molecule has 0 heteroatoms. The molecule has 0 saturated carbocycles. The number of hydrogen-bond acceptors (Lipinski definition) is 0. The van der Waals surface area contributed by atoms with Crippen LogP contribution in [0.15, 0.2) is 68.3 Å². The third kappa shape index (κ3) is 5.21. The van der Waals surface area contributed by atoms with Crippen molar-refractivity contribution in [3.8, 4) is 0 Å². The monoisotopic (exact) mass is 290 g/mol. The maximum Gasteiger partial charge on any atom is -0.0132 e. The zero-order chi connectivity index (χ0) is 16.6. The van der Waals surface area contributed by atoms with Crippen molar-refractivity contribution in [2.75, 3.05) is 0 Å². The molecule has 0 fully saturated rings. The molecule has 2 aromatic rings. The topological polar surface area (TPSA) is 0 Å². The van der Waals surface area contributed by atoms with Crippen molar-refractivity contribution in [1.82, 2.24) is 0 Å². The van der Waals surface area contributed by atoms with Crippen LogP contribution in [0.4, 0.5) is 0 Å². The van der Waals surface area contributed by atoms with Crippen LogP contribution in [0, 0.1) is 0 Å². The second-order valence-electron chi connectivity index (χ2n) is 6.11. The summed E-state index contributed by atoms with van der Waals surface area (Å²) >= 11 is 0. The molecule has 0 saturated heterocycles. The van der Waals surface area contributed by atoms with Gasteiger partial charge in [0.25, 0.3) is 0 Å². The fourth-order valence-corrected chi connectivity index (χ4v) is 2.00. The third-order valence-electron chi connectivity index (χ3n) is 3.45. The first-order valence-corrected chi connectivity index (χ1v) is 7.49. The van der Waals surface area contributed by atoms with E-state index in [4.69, 9.17) is 0 Å². The minimum absolute atomic E-state index is 0.250. The molecule has 0 aliphatic carbocycles. The molecular formula is C22H26. The molecule has 22 heavy (non-hydrogen) atoms. The quantitative estimate of drug-likeness (QED) is 0.597. The third-order valence-corrected chi connectivity index (χ3v) is 3.45. The Bertz CT molecular complexity index is 595. The van der Waals surface area contributed by atoms with Gasteiger partial charge in [0.15, 0.2) is 0 Å². The second kappa shape index (κ2) is 8.19. The van der Waals surface area contributed by atoms with E-state index in [-0.39, 0.29) is 5.41 Å². The van der Waals surface area contributed by atoms with Gasteiger partial charge in [0.1, 0.15) is 0 Å². The van der Waals surface area contributed by atoms with Crippen LogP contribution in [0.3, 0.4) is 0 Å². The van der Waals surface area contributed by atoms with Gasteiger partial charge in [-0.05, 0) is 27.7 Å². The molecule has 114 valence electrons. The van der Waals surface area contributed by atoms with E-state index < -0.39 is 0 Å². The van der Waals surface area contributed by atoms with Gasteiger partial charge in [-0.15, -0.1) is 0 Å². The van der Waals surface area contributed by atoms with Crippen LogP contribution in [0.2, 0.25) is 0 Å². The van der Waals surface area contributed by atoms with Crippen molar-refractivity contribution in [3.63, 3.8) is 0 Å². The van der Waals surface area contributed by atoms with Crippen LogP contribution in [0.25, 0.3) is 18.2 Å². The molecule has 2 aromatic carbocycles. The average Bonchev–Trinajstić information content (AvgIpc) is 2.54. The SMILES string of the molecule is C=Cc1ccc(C(C)(C)C)cc1.C=Cc1ccccc1C=C. The lowest BCUT2D eigenvalue weighted by atomic mass is 9.87. The number of benzene rings is 2. The summed E-state index contributed by atoms with van der Waals surface area (Å²) in [7, 11) is 0. The largest absolute Gasteiger partial charge is 0.0985 e. The normalized spacial score (nSPS) is 10.1. The number of rotatable bonds is 3. The molecule has 0 radical (unpaired) electrons. The molecule has 0 nitrogen and oxygen atoms in total. The first-order chi connectivity index (χ1) is 10.4. The maximum absolute atomic E-state index is 3.72. The molecule has 0 heterocycles. The Morgan fingerprint density at radius 2 is 1.14 bits per heavy atom. The highest BCUT2D eigenvalue weighted by atomic mass is 14.2. The van der Waals surface area contributed by atoms with Gasteiger partial charge < -0.3 is 0 Å². The zero-order valence-corrected chi connectivity index (χ0v) is 14.0. The Morgan fingerprint density at radius 3 is 1.45 bits per heavy atom. The summed E-state index contributed by atoms with van der Waals surface area (Å²) in [4.78, 5) is 0. The van der Waals surface area contributed by atoms with Crippen LogP contribution in [-0.2, 0) is 5.41 Å². The van der Waals surface area contributed by atoms with Gasteiger partial charge in [-0.3, -0.25) is 0 Å².